The van der Waals surface area contributed by atoms with Crippen LogP contribution in [0, 0.1) is 17.8 Å². The van der Waals surface area contributed by atoms with Crippen LogP contribution in [-0.2, 0) is 65.4 Å². The van der Waals surface area contributed by atoms with Gasteiger partial charge in [0.15, 0.2) is 12.2 Å². The highest BCUT2D eigenvalue weighted by molar-refractivity contribution is 7.47. The average molecular weight is 1560 g/mol. The van der Waals surface area contributed by atoms with Crippen molar-refractivity contribution in [3.8, 4) is 0 Å². The van der Waals surface area contributed by atoms with Gasteiger partial charge in [-0.3, -0.25) is 37.3 Å². The molecule has 0 aliphatic rings. The SMILES string of the molecule is CCCCCCCCCCCCCC(=O)OC[C@H](COP(=O)(O)OC[C@H](O)COP(=O)(O)OC[C@@H](COC(=O)CCCCCCCCCCCCCCCCCCCCC(C)C)OC(=O)CCCCCCCCCCCCCCCCCCCCC(C)CC)OC(=O)CCCCCCCCCCCCC(C)C. The van der Waals surface area contributed by atoms with Crippen LogP contribution in [0.2, 0.25) is 0 Å². The van der Waals surface area contributed by atoms with E-state index < -0.39 is 97.5 Å². The minimum Gasteiger partial charge on any atom is -0.462 e. The summed E-state index contributed by atoms with van der Waals surface area (Å²) in [6, 6.07) is 0. The first-order valence-electron chi connectivity index (χ1n) is 45.4. The first kappa shape index (κ1) is 105. The number of unbranched alkanes of at least 4 members (excludes halogenated alkanes) is 53. The van der Waals surface area contributed by atoms with Gasteiger partial charge in [0.05, 0.1) is 26.4 Å². The van der Waals surface area contributed by atoms with Gasteiger partial charge in [0.1, 0.15) is 19.3 Å². The Kier molecular flexibility index (Phi) is 76.6. The molecule has 0 fully saturated rings. The molecule has 0 bridgehead atoms. The molecule has 0 radical (unpaired) electrons. The number of phosphoric ester groups is 2. The van der Waals surface area contributed by atoms with Gasteiger partial charge in [-0.05, 0) is 43.4 Å². The van der Waals surface area contributed by atoms with Crippen LogP contribution in [0.15, 0.2) is 0 Å². The largest absolute Gasteiger partial charge is 0.472 e. The maximum Gasteiger partial charge on any atom is 0.472 e. The molecule has 0 heterocycles. The molecule has 0 rings (SSSR count). The van der Waals surface area contributed by atoms with Crippen molar-refractivity contribution in [2.24, 2.45) is 17.8 Å². The first-order valence-corrected chi connectivity index (χ1v) is 48.4. The van der Waals surface area contributed by atoms with Crippen molar-refractivity contribution in [2.45, 2.75) is 484 Å². The standard InChI is InChI=1S/C88H172O17P2/c1-8-10-11-12-13-14-31-41-48-55-62-69-85(90)98-75-84(105-88(93)72-65-58-51-44-37-36-39-46-53-60-67-80(5)6)78-103-107(96,97)101-74-82(89)73-100-106(94,95)102-77-83(76-99-86(91)70-63-56-49-42-34-29-25-21-17-15-19-23-27-32-38-45-52-59-66-79(3)4)104-87(92)71-64-57-50-43-35-30-26-22-18-16-20-24-28-33-40-47-54-61-68-81(7)9-2/h79-84,89H,8-78H2,1-7H3,(H,94,95)(H,96,97)/t81?,82-,83-,84-/m1/s1. The van der Waals surface area contributed by atoms with Gasteiger partial charge in [0, 0.05) is 25.7 Å². The summed E-state index contributed by atoms with van der Waals surface area (Å²) in [5.41, 5.74) is 0. The molecule has 636 valence electrons. The van der Waals surface area contributed by atoms with Crippen molar-refractivity contribution in [1.29, 1.82) is 0 Å². The number of phosphoric acid groups is 2. The number of hydrogen-bond donors (Lipinski definition) is 3. The molecule has 0 aromatic heterocycles. The lowest BCUT2D eigenvalue weighted by atomic mass is 9.99. The second-order valence-electron chi connectivity index (χ2n) is 32.8. The van der Waals surface area contributed by atoms with Gasteiger partial charge >= 0.3 is 39.5 Å². The lowest BCUT2D eigenvalue weighted by Gasteiger charge is -2.21. The number of carbonyl (C=O) groups is 4. The molecular formula is C88H172O17P2. The molecule has 3 unspecified atom stereocenters. The zero-order valence-electron chi connectivity index (χ0n) is 70.6. The molecule has 3 N–H and O–H groups in total. The van der Waals surface area contributed by atoms with Crippen LogP contribution in [-0.4, -0.2) is 96.7 Å². The van der Waals surface area contributed by atoms with Gasteiger partial charge in [-0.2, -0.15) is 0 Å². The van der Waals surface area contributed by atoms with Crippen molar-refractivity contribution in [3.63, 3.8) is 0 Å². The number of esters is 4. The van der Waals surface area contributed by atoms with Crippen molar-refractivity contribution in [3.05, 3.63) is 0 Å². The molecule has 0 aromatic rings. The zero-order valence-corrected chi connectivity index (χ0v) is 72.4. The van der Waals surface area contributed by atoms with E-state index in [4.69, 9.17) is 37.0 Å². The molecule has 6 atom stereocenters. The summed E-state index contributed by atoms with van der Waals surface area (Å²) >= 11 is 0. The molecule has 0 saturated carbocycles. The van der Waals surface area contributed by atoms with Crippen molar-refractivity contribution in [1.82, 2.24) is 0 Å². The smallest absolute Gasteiger partial charge is 0.462 e. The normalized spacial score (nSPS) is 14.1. The second kappa shape index (κ2) is 78.0. The summed E-state index contributed by atoms with van der Waals surface area (Å²) in [7, 11) is -9.93. The van der Waals surface area contributed by atoms with Crippen LogP contribution in [0.4, 0.5) is 0 Å². The van der Waals surface area contributed by atoms with E-state index in [1.165, 1.54) is 276 Å². The third kappa shape index (κ3) is 80.5. The average Bonchev–Trinajstić information content (AvgIpc) is 0.941. The van der Waals surface area contributed by atoms with Gasteiger partial charge in [0.2, 0.25) is 0 Å². The molecular weight excluding hydrogens is 1390 g/mol. The first-order chi connectivity index (χ1) is 51.8. The number of rotatable bonds is 86. The van der Waals surface area contributed by atoms with E-state index in [0.717, 1.165) is 108 Å². The molecule has 0 aromatic carbocycles. The Bertz CT molecular complexity index is 2060. The minimum atomic E-state index is -4.97. The Hall–Kier alpha value is -1.94. The van der Waals surface area contributed by atoms with Crippen molar-refractivity contribution in [2.75, 3.05) is 39.6 Å². The fourth-order valence-electron chi connectivity index (χ4n) is 13.7. The summed E-state index contributed by atoms with van der Waals surface area (Å²) in [6.07, 6.45) is 69.4. The number of aliphatic hydroxyl groups is 1. The Morgan fingerprint density at radius 3 is 0.710 bits per heavy atom. The molecule has 0 aliphatic carbocycles. The van der Waals surface area contributed by atoms with Crippen LogP contribution in [0.25, 0.3) is 0 Å². The maximum absolute atomic E-state index is 13.2. The van der Waals surface area contributed by atoms with Crippen molar-refractivity contribution >= 4 is 39.5 Å². The Morgan fingerprint density at radius 2 is 0.477 bits per heavy atom. The lowest BCUT2D eigenvalue weighted by Crippen LogP contribution is -2.30. The molecule has 0 amide bonds. The fraction of sp³-hybridized carbons (Fsp3) is 0.955. The fourth-order valence-corrected chi connectivity index (χ4v) is 15.3. The maximum atomic E-state index is 13.2. The highest BCUT2D eigenvalue weighted by Gasteiger charge is 2.31. The van der Waals surface area contributed by atoms with Crippen LogP contribution in [0.5, 0.6) is 0 Å². The zero-order chi connectivity index (χ0) is 78.6. The van der Waals surface area contributed by atoms with Crippen LogP contribution in [0.1, 0.15) is 466 Å². The highest BCUT2D eigenvalue weighted by atomic mass is 31.2. The van der Waals surface area contributed by atoms with E-state index in [1.807, 2.05) is 0 Å². The molecule has 0 spiro atoms. The minimum absolute atomic E-state index is 0.106. The number of hydrogen-bond acceptors (Lipinski definition) is 15. The number of carbonyl (C=O) groups excluding carboxylic acids is 4. The number of aliphatic hydroxyl groups excluding tert-OH is 1. The Morgan fingerprint density at radius 1 is 0.271 bits per heavy atom. The highest BCUT2D eigenvalue weighted by Crippen LogP contribution is 2.45. The summed E-state index contributed by atoms with van der Waals surface area (Å²) in [6.45, 7) is 12.1. The summed E-state index contributed by atoms with van der Waals surface area (Å²) in [5.74, 6) is 0.344. The second-order valence-corrected chi connectivity index (χ2v) is 35.7. The third-order valence-corrected chi connectivity index (χ3v) is 22.9. The molecule has 0 aliphatic heterocycles. The summed E-state index contributed by atoms with van der Waals surface area (Å²) in [5, 5.41) is 10.7. The van der Waals surface area contributed by atoms with E-state index in [9.17, 15) is 43.2 Å². The predicted octanol–water partition coefficient (Wildman–Crippen LogP) is 26.9. The van der Waals surface area contributed by atoms with E-state index in [2.05, 4.69) is 48.5 Å². The summed E-state index contributed by atoms with van der Waals surface area (Å²) in [4.78, 5) is 73.2. The molecule has 0 saturated heterocycles. The van der Waals surface area contributed by atoms with Crippen molar-refractivity contribution < 1.29 is 80.2 Å². The van der Waals surface area contributed by atoms with Gasteiger partial charge in [-0.1, -0.05) is 414 Å². The van der Waals surface area contributed by atoms with Crippen LogP contribution in [0.3, 0.4) is 0 Å². The van der Waals surface area contributed by atoms with E-state index in [-0.39, 0.29) is 25.7 Å². The third-order valence-electron chi connectivity index (χ3n) is 21.0. The van der Waals surface area contributed by atoms with Gasteiger partial charge in [0.25, 0.3) is 0 Å². The van der Waals surface area contributed by atoms with Crippen LogP contribution < -0.4 is 0 Å². The topological polar surface area (TPSA) is 237 Å². The molecule has 17 nitrogen and oxygen atoms in total. The molecule has 107 heavy (non-hydrogen) atoms. The van der Waals surface area contributed by atoms with Crippen LogP contribution >= 0.6 is 15.6 Å². The lowest BCUT2D eigenvalue weighted by molar-refractivity contribution is -0.161. The monoisotopic (exact) mass is 1560 g/mol. The Balaban J connectivity index is 5.21. The van der Waals surface area contributed by atoms with E-state index in [1.54, 1.807) is 0 Å². The quantitative estimate of drug-likeness (QED) is 0.0222. The Labute approximate surface area is 658 Å². The predicted molar refractivity (Wildman–Crippen MR) is 441 cm³/mol. The van der Waals surface area contributed by atoms with E-state index >= 15 is 0 Å². The van der Waals surface area contributed by atoms with Gasteiger partial charge < -0.3 is 33.8 Å². The van der Waals surface area contributed by atoms with Gasteiger partial charge in [-0.15, -0.1) is 0 Å². The number of ether oxygens (including phenoxy) is 4. The van der Waals surface area contributed by atoms with Gasteiger partial charge in [-0.25, -0.2) is 9.13 Å². The van der Waals surface area contributed by atoms with E-state index in [0.29, 0.717) is 25.7 Å². The molecule has 19 heteroatoms. The summed E-state index contributed by atoms with van der Waals surface area (Å²) < 4.78 is 68.9.